The minimum Gasteiger partial charge on any atom is -0.390 e. The van der Waals surface area contributed by atoms with Gasteiger partial charge in [-0.25, -0.2) is 12.7 Å². The Kier molecular flexibility index (Phi) is 5.58. The third kappa shape index (κ3) is 5.22. The van der Waals surface area contributed by atoms with Crippen LogP contribution < -0.4 is 5.32 Å². The second-order valence-electron chi connectivity index (χ2n) is 5.68. The van der Waals surface area contributed by atoms with Gasteiger partial charge in [-0.05, 0) is 52.1 Å². The zero-order valence-electron chi connectivity index (χ0n) is 11.6. The molecule has 108 valence electrons. The molecule has 0 aromatic heterocycles. The molecule has 0 amide bonds. The summed E-state index contributed by atoms with van der Waals surface area (Å²) in [6, 6.07) is 0. The van der Waals surface area contributed by atoms with Gasteiger partial charge in [0.15, 0.2) is 0 Å². The number of nitrogens with one attached hydrogen (secondary N) is 1. The Morgan fingerprint density at radius 1 is 1.50 bits per heavy atom. The van der Waals surface area contributed by atoms with E-state index in [9.17, 15) is 13.5 Å². The van der Waals surface area contributed by atoms with Crippen LogP contribution in [-0.4, -0.2) is 56.4 Å². The van der Waals surface area contributed by atoms with Gasteiger partial charge in [0.1, 0.15) is 0 Å². The topological polar surface area (TPSA) is 69.6 Å². The van der Waals surface area contributed by atoms with Crippen molar-refractivity contribution >= 4 is 10.0 Å². The molecule has 0 bridgehead atoms. The normalized spacial score (nSPS) is 25.9. The third-order valence-corrected chi connectivity index (χ3v) is 4.86. The minimum atomic E-state index is -3.09. The minimum absolute atomic E-state index is 0.264. The van der Waals surface area contributed by atoms with Gasteiger partial charge in [0.2, 0.25) is 10.0 Å². The highest BCUT2D eigenvalue weighted by Gasteiger charge is 2.31. The average molecular weight is 278 g/mol. The highest BCUT2D eigenvalue weighted by molar-refractivity contribution is 7.88. The van der Waals surface area contributed by atoms with Gasteiger partial charge in [0.25, 0.3) is 0 Å². The van der Waals surface area contributed by atoms with Crippen LogP contribution in [0.3, 0.4) is 0 Å². The average Bonchev–Trinajstić information content (AvgIpc) is 2.25. The molecule has 1 aliphatic rings. The molecule has 6 heteroatoms. The lowest BCUT2D eigenvalue weighted by Gasteiger charge is -2.35. The Morgan fingerprint density at radius 3 is 2.72 bits per heavy atom. The van der Waals surface area contributed by atoms with E-state index in [1.54, 1.807) is 0 Å². The summed E-state index contributed by atoms with van der Waals surface area (Å²) >= 11 is 0. The maximum absolute atomic E-state index is 11.5. The van der Waals surface area contributed by atoms with Gasteiger partial charge in [0.05, 0.1) is 11.9 Å². The van der Waals surface area contributed by atoms with Crippen molar-refractivity contribution in [2.24, 2.45) is 5.92 Å². The summed E-state index contributed by atoms with van der Waals surface area (Å²) in [4.78, 5) is 0. The van der Waals surface area contributed by atoms with E-state index in [1.807, 2.05) is 14.0 Å². The van der Waals surface area contributed by atoms with Crippen LogP contribution in [0.2, 0.25) is 0 Å². The summed E-state index contributed by atoms with van der Waals surface area (Å²) in [5.41, 5.74) is -0.714. The standard InChI is InChI=1S/C12H26N2O3S/c1-12(15,6-7-13-2)9-11-5-4-8-14(10-11)18(3,16)17/h11,13,15H,4-10H2,1-3H3. The van der Waals surface area contributed by atoms with Crippen LogP contribution in [0.1, 0.15) is 32.6 Å². The van der Waals surface area contributed by atoms with E-state index in [4.69, 9.17) is 0 Å². The zero-order chi connectivity index (χ0) is 13.8. The van der Waals surface area contributed by atoms with E-state index in [2.05, 4.69) is 5.32 Å². The van der Waals surface area contributed by atoms with Crippen molar-refractivity contribution in [3.63, 3.8) is 0 Å². The maximum Gasteiger partial charge on any atom is 0.211 e. The van der Waals surface area contributed by atoms with Crippen LogP contribution in [0, 0.1) is 5.92 Å². The van der Waals surface area contributed by atoms with Crippen LogP contribution in [0.15, 0.2) is 0 Å². The largest absolute Gasteiger partial charge is 0.390 e. The second kappa shape index (κ2) is 6.32. The molecule has 0 aromatic carbocycles. The number of nitrogens with zero attached hydrogens (tertiary/aromatic N) is 1. The monoisotopic (exact) mass is 278 g/mol. The molecule has 0 aromatic rings. The molecule has 5 nitrogen and oxygen atoms in total. The van der Waals surface area contributed by atoms with Crippen LogP contribution >= 0.6 is 0 Å². The second-order valence-corrected chi connectivity index (χ2v) is 7.67. The molecular formula is C12H26N2O3S. The fourth-order valence-corrected chi connectivity index (χ4v) is 3.56. The molecule has 2 unspecified atom stereocenters. The molecule has 0 spiro atoms. The van der Waals surface area contributed by atoms with Crippen molar-refractivity contribution < 1.29 is 13.5 Å². The molecule has 0 radical (unpaired) electrons. The van der Waals surface area contributed by atoms with E-state index in [0.717, 1.165) is 19.4 Å². The van der Waals surface area contributed by atoms with Crippen LogP contribution in [0.25, 0.3) is 0 Å². The number of aliphatic hydroxyl groups is 1. The number of hydrogen-bond donors (Lipinski definition) is 2. The summed E-state index contributed by atoms with van der Waals surface area (Å²) in [6.45, 7) is 3.78. The highest BCUT2D eigenvalue weighted by atomic mass is 32.2. The van der Waals surface area contributed by atoms with Crippen LogP contribution in [0.5, 0.6) is 0 Å². The van der Waals surface area contributed by atoms with Crippen LogP contribution in [0.4, 0.5) is 0 Å². The summed E-state index contributed by atoms with van der Waals surface area (Å²) in [6.07, 6.45) is 4.51. The summed E-state index contributed by atoms with van der Waals surface area (Å²) < 4.78 is 24.6. The van der Waals surface area contributed by atoms with Crippen molar-refractivity contribution in [2.75, 3.05) is 32.9 Å². The first-order valence-corrected chi connectivity index (χ1v) is 8.41. The smallest absolute Gasteiger partial charge is 0.211 e. The fraction of sp³-hybridized carbons (Fsp3) is 1.00. The Hall–Kier alpha value is -0.170. The molecule has 2 atom stereocenters. The van der Waals surface area contributed by atoms with E-state index in [1.165, 1.54) is 10.6 Å². The highest BCUT2D eigenvalue weighted by Crippen LogP contribution is 2.28. The van der Waals surface area contributed by atoms with Gasteiger partial charge in [-0.2, -0.15) is 0 Å². The Bertz CT molecular complexity index is 354. The SMILES string of the molecule is CNCCC(C)(O)CC1CCCN(S(C)(=O)=O)C1. The first-order valence-electron chi connectivity index (χ1n) is 6.57. The predicted molar refractivity (Wildman–Crippen MR) is 72.9 cm³/mol. The van der Waals surface area contributed by atoms with Crippen LogP contribution in [-0.2, 0) is 10.0 Å². The third-order valence-electron chi connectivity index (χ3n) is 3.59. The Morgan fingerprint density at radius 2 is 2.17 bits per heavy atom. The molecule has 1 aliphatic heterocycles. The lowest BCUT2D eigenvalue weighted by Crippen LogP contribution is -2.42. The summed E-state index contributed by atoms with van der Waals surface area (Å²) in [5.74, 6) is 0.264. The van der Waals surface area contributed by atoms with E-state index in [-0.39, 0.29) is 5.92 Å². The molecule has 1 heterocycles. The van der Waals surface area contributed by atoms with Gasteiger partial charge < -0.3 is 10.4 Å². The van der Waals surface area contributed by atoms with Crippen molar-refractivity contribution in [1.82, 2.24) is 9.62 Å². The van der Waals surface area contributed by atoms with Crippen molar-refractivity contribution in [3.8, 4) is 0 Å². The lowest BCUT2D eigenvalue weighted by atomic mass is 9.85. The molecule has 1 saturated heterocycles. The quantitative estimate of drug-likeness (QED) is 0.738. The Balaban J connectivity index is 2.52. The summed E-state index contributed by atoms with van der Waals surface area (Å²) in [7, 11) is -1.23. The number of sulfonamides is 1. The maximum atomic E-state index is 11.5. The fourth-order valence-electron chi connectivity index (χ4n) is 2.61. The number of rotatable bonds is 6. The number of piperidine rings is 1. The zero-order valence-corrected chi connectivity index (χ0v) is 12.5. The Labute approximate surface area is 111 Å². The first kappa shape index (κ1) is 15.9. The molecule has 2 N–H and O–H groups in total. The van der Waals surface area contributed by atoms with E-state index < -0.39 is 15.6 Å². The summed E-state index contributed by atoms with van der Waals surface area (Å²) in [5, 5.41) is 13.3. The van der Waals surface area contributed by atoms with Crippen molar-refractivity contribution in [3.05, 3.63) is 0 Å². The van der Waals surface area contributed by atoms with E-state index >= 15 is 0 Å². The molecular weight excluding hydrogens is 252 g/mol. The number of hydrogen-bond acceptors (Lipinski definition) is 4. The van der Waals surface area contributed by atoms with Crippen molar-refractivity contribution in [2.45, 2.75) is 38.2 Å². The first-order chi connectivity index (χ1) is 8.24. The molecule has 0 saturated carbocycles. The molecule has 1 fully saturated rings. The van der Waals surface area contributed by atoms with Gasteiger partial charge in [-0.3, -0.25) is 0 Å². The van der Waals surface area contributed by atoms with Crippen molar-refractivity contribution in [1.29, 1.82) is 0 Å². The molecule has 0 aliphatic carbocycles. The van der Waals surface area contributed by atoms with Gasteiger partial charge in [-0.15, -0.1) is 0 Å². The molecule has 18 heavy (non-hydrogen) atoms. The van der Waals surface area contributed by atoms with E-state index in [0.29, 0.717) is 25.9 Å². The lowest BCUT2D eigenvalue weighted by molar-refractivity contribution is 0.0179. The molecule has 1 rings (SSSR count). The van der Waals surface area contributed by atoms with Gasteiger partial charge >= 0.3 is 0 Å². The van der Waals surface area contributed by atoms with Gasteiger partial charge in [0, 0.05) is 13.1 Å². The predicted octanol–water partition coefficient (Wildman–Crippen LogP) is 0.409. The van der Waals surface area contributed by atoms with Gasteiger partial charge in [-0.1, -0.05) is 0 Å².